The van der Waals surface area contributed by atoms with Crippen LogP contribution < -0.4 is 10.9 Å². The number of nitrogens with zero attached hydrogens (tertiary/aromatic N) is 3. The number of hydrogen-bond donors (Lipinski definition) is 2. The quantitative estimate of drug-likeness (QED) is 0.447. The Kier molecular flexibility index (Phi) is 5.76. The van der Waals surface area contributed by atoms with E-state index in [1.54, 1.807) is 10.7 Å². The molecule has 0 aliphatic rings. The van der Waals surface area contributed by atoms with E-state index in [1.807, 2.05) is 55.5 Å². The number of rotatable bonds is 6. The van der Waals surface area contributed by atoms with Gasteiger partial charge in [0.25, 0.3) is 5.56 Å². The summed E-state index contributed by atoms with van der Waals surface area (Å²) in [7, 11) is 0. The van der Waals surface area contributed by atoms with Gasteiger partial charge in [0.2, 0.25) is 5.91 Å². The molecule has 1 amide bonds. The van der Waals surface area contributed by atoms with Crippen molar-refractivity contribution in [3.05, 3.63) is 80.9 Å². The lowest BCUT2D eigenvalue weighted by molar-refractivity contribution is -0.116. The first-order valence-corrected chi connectivity index (χ1v) is 10.4. The van der Waals surface area contributed by atoms with Crippen LogP contribution in [0, 0.1) is 6.92 Å². The topological polar surface area (TPSA) is 92.7 Å². The maximum absolute atomic E-state index is 12.5. The smallest absolute Gasteiger partial charge is 0.258 e. The van der Waals surface area contributed by atoms with Crippen LogP contribution in [0.2, 0.25) is 0 Å². The number of carbonyl (C=O) groups is 1. The molecular weight excluding hydrogens is 446 g/mol. The summed E-state index contributed by atoms with van der Waals surface area (Å²) in [6.45, 7) is 1.88. The van der Waals surface area contributed by atoms with Crippen LogP contribution in [-0.2, 0) is 11.2 Å². The minimum Gasteiger partial charge on any atom is -0.311 e. The van der Waals surface area contributed by atoms with Gasteiger partial charge in [0.15, 0.2) is 0 Å². The standard InChI is InChI=1S/C22H20BrN5O2/c1-14-12-20(28(27-14)16-7-4-6-15(23)13-16)26-21(29)11-5-10-19-24-18-9-3-2-8-17(18)22(30)25-19/h2-4,6-9,12-13H,5,10-11H2,1H3,(H,26,29)(H,24,25,30). The second kappa shape index (κ2) is 8.62. The zero-order valence-electron chi connectivity index (χ0n) is 16.4. The van der Waals surface area contributed by atoms with Crippen LogP contribution in [-0.4, -0.2) is 25.7 Å². The summed E-state index contributed by atoms with van der Waals surface area (Å²) >= 11 is 3.46. The van der Waals surface area contributed by atoms with Crippen LogP contribution in [0.4, 0.5) is 5.82 Å². The molecule has 30 heavy (non-hydrogen) atoms. The summed E-state index contributed by atoms with van der Waals surface area (Å²) in [5.41, 5.74) is 2.16. The molecule has 8 heteroatoms. The van der Waals surface area contributed by atoms with Crippen molar-refractivity contribution in [2.45, 2.75) is 26.2 Å². The number of amides is 1. The van der Waals surface area contributed by atoms with Crippen molar-refractivity contribution < 1.29 is 4.79 Å². The van der Waals surface area contributed by atoms with Crippen molar-refractivity contribution in [2.24, 2.45) is 0 Å². The first kappa shape index (κ1) is 20.0. The molecule has 2 heterocycles. The Labute approximate surface area is 181 Å². The largest absolute Gasteiger partial charge is 0.311 e. The van der Waals surface area contributed by atoms with Crippen LogP contribution in [0.25, 0.3) is 16.6 Å². The van der Waals surface area contributed by atoms with E-state index in [9.17, 15) is 9.59 Å². The SMILES string of the molecule is Cc1cc(NC(=O)CCCc2nc3ccccc3c(=O)[nH]2)n(-c2cccc(Br)c2)n1. The predicted molar refractivity (Wildman–Crippen MR) is 120 cm³/mol. The maximum atomic E-state index is 12.5. The van der Waals surface area contributed by atoms with Crippen LogP contribution in [0.3, 0.4) is 0 Å². The zero-order valence-corrected chi connectivity index (χ0v) is 17.9. The fourth-order valence-electron chi connectivity index (χ4n) is 3.27. The van der Waals surface area contributed by atoms with Crippen molar-refractivity contribution >= 4 is 38.6 Å². The van der Waals surface area contributed by atoms with Crippen molar-refractivity contribution in [1.82, 2.24) is 19.7 Å². The average molecular weight is 466 g/mol. The van der Waals surface area contributed by atoms with Crippen molar-refractivity contribution in [2.75, 3.05) is 5.32 Å². The number of carbonyl (C=O) groups excluding carboxylic acids is 1. The first-order valence-electron chi connectivity index (χ1n) is 9.60. The summed E-state index contributed by atoms with van der Waals surface area (Å²) < 4.78 is 2.64. The number of H-pyrrole nitrogens is 1. The molecule has 0 spiro atoms. The highest BCUT2D eigenvalue weighted by Crippen LogP contribution is 2.20. The number of aromatic amines is 1. The molecule has 2 aromatic carbocycles. The Balaban J connectivity index is 1.41. The molecule has 7 nitrogen and oxygen atoms in total. The molecule has 0 saturated heterocycles. The number of anilines is 1. The lowest BCUT2D eigenvalue weighted by Crippen LogP contribution is -2.16. The Bertz CT molecular complexity index is 1280. The monoisotopic (exact) mass is 465 g/mol. The van der Waals surface area contributed by atoms with Gasteiger partial charge in [-0.3, -0.25) is 9.59 Å². The number of aromatic nitrogens is 4. The third kappa shape index (κ3) is 4.49. The summed E-state index contributed by atoms with van der Waals surface area (Å²) in [5.74, 6) is 1.09. The first-order chi connectivity index (χ1) is 14.5. The molecule has 0 saturated carbocycles. The Morgan fingerprint density at radius 2 is 2.00 bits per heavy atom. The van der Waals surface area contributed by atoms with Gasteiger partial charge in [-0.15, -0.1) is 0 Å². The van der Waals surface area contributed by atoms with Crippen molar-refractivity contribution in [3.8, 4) is 5.69 Å². The second-order valence-corrected chi connectivity index (χ2v) is 7.91. The molecule has 0 fully saturated rings. The predicted octanol–water partition coefficient (Wildman–Crippen LogP) is 4.14. The number of nitrogens with one attached hydrogen (secondary N) is 2. The highest BCUT2D eigenvalue weighted by Gasteiger charge is 2.12. The summed E-state index contributed by atoms with van der Waals surface area (Å²) in [6, 6.07) is 16.8. The van der Waals surface area contributed by atoms with E-state index in [0.717, 1.165) is 15.9 Å². The summed E-state index contributed by atoms with van der Waals surface area (Å²) in [6.07, 6.45) is 1.38. The third-order valence-corrected chi connectivity index (χ3v) is 5.12. The molecule has 2 N–H and O–H groups in total. The normalized spacial score (nSPS) is 11.0. The van der Waals surface area contributed by atoms with Crippen LogP contribution in [0.1, 0.15) is 24.4 Å². The lowest BCUT2D eigenvalue weighted by Gasteiger charge is -2.09. The van der Waals surface area contributed by atoms with Gasteiger partial charge in [0.1, 0.15) is 11.6 Å². The van der Waals surface area contributed by atoms with Crippen LogP contribution in [0.15, 0.2) is 63.9 Å². The average Bonchev–Trinajstić information content (AvgIpc) is 3.08. The van der Waals surface area contributed by atoms with E-state index in [-0.39, 0.29) is 11.5 Å². The van der Waals surface area contributed by atoms with Crippen molar-refractivity contribution in [1.29, 1.82) is 0 Å². The van der Waals surface area contributed by atoms with E-state index in [1.165, 1.54) is 0 Å². The Morgan fingerprint density at radius 3 is 2.83 bits per heavy atom. The number of aryl methyl sites for hydroxylation is 2. The molecule has 0 aliphatic heterocycles. The van der Waals surface area contributed by atoms with Crippen LogP contribution in [0.5, 0.6) is 0 Å². The Hall–Kier alpha value is -3.26. The number of benzene rings is 2. The van der Waals surface area contributed by atoms with Gasteiger partial charge in [-0.1, -0.05) is 34.1 Å². The van der Waals surface area contributed by atoms with Gasteiger partial charge < -0.3 is 10.3 Å². The molecule has 0 bridgehead atoms. The molecule has 4 aromatic rings. The van der Waals surface area contributed by atoms with E-state index in [0.29, 0.717) is 41.8 Å². The van der Waals surface area contributed by atoms with Crippen molar-refractivity contribution in [3.63, 3.8) is 0 Å². The van der Waals surface area contributed by atoms with E-state index >= 15 is 0 Å². The van der Waals surface area contributed by atoms with Crippen LogP contribution >= 0.6 is 15.9 Å². The van der Waals surface area contributed by atoms with E-state index in [2.05, 4.69) is 36.3 Å². The minimum atomic E-state index is -0.159. The zero-order chi connectivity index (χ0) is 21.1. The lowest BCUT2D eigenvalue weighted by atomic mass is 10.2. The van der Waals surface area contributed by atoms with Gasteiger partial charge in [-0.25, -0.2) is 9.67 Å². The third-order valence-electron chi connectivity index (χ3n) is 4.63. The second-order valence-electron chi connectivity index (χ2n) is 6.99. The van der Waals surface area contributed by atoms with Gasteiger partial charge in [0, 0.05) is 23.4 Å². The highest BCUT2D eigenvalue weighted by molar-refractivity contribution is 9.10. The number of halogens is 1. The van der Waals surface area contributed by atoms with Gasteiger partial charge in [-0.2, -0.15) is 5.10 Å². The minimum absolute atomic E-state index is 0.116. The molecule has 2 aromatic heterocycles. The molecule has 0 atom stereocenters. The van der Waals surface area contributed by atoms with Gasteiger partial charge in [-0.05, 0) is 43.7 Å². The number of hydrogen-bond acceptors (Lipinski definition) is 4. The van der Waals surface area contributed by atoms with Gasteiger partial charge >= 0.3 is 0 Å². The van der Waals surface area contributed by atoms with E-state index < -0.39 is 0 Å². The number of fused-ring (bicyclic) bond motifs is 1. The molecular formula is C22H20BrN5O2. The summed E-state index contributed by atoms with van der Waals surface area (Å²) in [5, 5.41) is 7.97. The maximum Gasteiger partial charge on any atom is 0.258 e. The molecule has 4 rings (SSSR count). The number of para-hydroxylation sites is 1. The summed E-state index contributed by atoms with van der Waals surface area (Å²) in [4.78, 5) is 31.9. The molecule has 0 radical (unpaired) electrons. The van der Waals surface area contributed by atoms with E-state index in [4.69, 9.17) is 0 Å². The molecule has 0 unspecified atom stereocenters. The Morgan fingerprint density at radius 1 is 1.17 bits per heavy atom. The van der Waals surface area contributed by atoms with Gasteiger partial charge in [0.05, 0.1) is 22.3 Å². The fourth-order valence-corrected chi connectivity index (χ4v) is 3.66. The molecule has 0 aliphatic carbocycles. The fraction of sp³-hybridized carbons (Fsp3) is 0.182. The highest BCUT2D eigenvalue weighted by atomic mass is 79.9. The molecule has 152 valence electrons.